The van der Waals surface area contributed by atoms with Gasteiger partial charge in [0, 0.05) is 16.1 Å². The summed E-state index contributed by atoms with van der Waals surface area (Å²) in [5.41, 5.74) is 1.31. The maximum atomic E-state index is 12.2. The number of tetrazole rings is 1. The molecule has 1 aromatic heterocycles. The highest BCUT2D eigenvalue weighted by Gasteiger charge is 2.11. The molecule has 116 valence electrons. The summed E-state index contributed by atoms with van der Waals surface area (Å²) < 4.78 is 5.07. The number of hydrogen-bond donors (Lipinski definition) is 0. The number of Topliss-reactive ketones (excluding diaryl/α,β-unsaturated/α-hetero) is 1. The van der Waals surface area contributed by atoms with Crippen molar-refractivity contribution in [2.75, 3.05) is 7.11 Å². The lowest BCUT2D eigenvalue weighted by Crippen LogP contribution is -2.13. The van der Waals surface area contributed by atoms with Crippen LogP contribution < -0.4 is 4.74 Å². The Kier molecular flexibility index (Phi) is 4.34. The van der Waals surface area contributed by atoms with Crippen LogP contribution in [0.4, 0.5) is 0 Å². The van der Waals surface area contributed by atoms with Crippen LogP contribution in [0.3, 0.4) is 0 Å². The van der Waals surface area contributed by atoms with Crippen LogP contribution in [0.2, 0.25) is 5.02 Å². The molecule has 0 aliphatic rings. The van der Waals surface area contributed by atoms with E-state index in [4.69, 9.17) is 16.3 Å². The van der Waals surface area contributed by atoms with Crippen LogP contribution in [0, 0.1) is 0 Å². The highest BCUT2D eigenvalue weighted by atomic mass is 35.5. The molecule has 0 unspecified atom stereocenters. The smallest absolute Gasteiger partial charge is 0.204 e. The normalized spacial score (nSPS) is 10.5. The number of ether oxygens (including phenoxy) is 1. The van der Waals surface area contributed by atoms with E-state index in [9.17, 15) is 4.79 Å². The van der Waals surface area contributed by atoms with E-state index in [0.717, 1.165) is 5.56 Å². The third kappa shape index (κ3) is 3.54. The third-order valence-corrected chi connectivity index (χ3v) is 3.47. The van der Waals surface area contributed by atoms with E-state index >= 15 is 0 Å². The lowest BCUT2D eigenvalue weighted by Gasteiger charge is -2.02. The fourth-order valence-electron chi connectivity index (χ4n) is 2.05. The Morgan fingerprint density at radius 1 is 1.22 bits per heavy atom. The summed E-state index contributed by atoms with van der Waals surface area (Å²) in [4.78, 5) is 13.5. The van der Waals surface area contributed by atoms with E-state index in [1.807, 2.05) is 6.07 Å². The minimum Gasteiger partial charge on any atom is -0.497 e. The van der Waals surface area contributed by atoms with Crippen molar-refractivity contribution in [1.82, 2.24) is 20.2 Å². The van der Waals surface area contributed by atoms with Gasteiger partial charge in [-0.25, -0.2) is 0 Å². The largest absolute Gasteiger partial charge is 0.497 e. The number of benzene rings is 2. The van der Waals surface area contributed by atoms with E-state index in [-0.39, 0.29) is 12.3 Å². The number of hydrogen-bond acceptors (Lipinski definition) is 5. The van der Waals surface area contributed by atoms with E-state index in [0.29, 0.717) is 22.2 Å². The highest BCUT2D eigenvalue weighted by molar-refractivity contribution is 6.30. The van der Waals surface area contributed by atoms with Gasteiger partial charge in [-0.15, -0.1) is 10.2 Å². The molecule has 0 bridgehead atoms. The number of methoxy groups -OCH3 is 1. The Morgan fingerprint density at radius 2 is 2.00 bits per heavy atom. The highest BCUT2D eigenvalue weighted by Crippen LogP contribution is 2.18. The summed E-state index contributed by atoms with van der Waals surface area (Å²) in [6, 6.07) is 14.0. The van der Waals surface area contributed by atoms with E-state index < -0.39 is 0 Å². The quantitative estimate of drug-likeness (QED) is 0.673. The van der Waals surface area contributed by atoms with Gasteiger partial charge in [0.1, 0.15) is 12.3 Å². The van der Waals surface area contributed by atoms with Crippen molar-refractivity contribution in [3.63, 3.8) is 0 Å². The Hall–Kier alpha value is -2.73. The summed E-state index contributed by atoms with van der Waals surface area (Å²) in [5.74, 6) is 1.02. The summed E-state index contributed by atoms with van der Waals surface area (Å²) >= 11 is 5.94. The number of carbonyl (C=O) groups excluding carboxylic acids is 1. The van der Waals surface area contributed by atoms with Crippen molar-refractivity contribution in [3.05, 3.63) is 59.1 Å². The lowest BCUT2D eigenvalue weighted by atomic mass is 10.1. The number of aromatic nitrogens is 4. The zero-order valence-electron chi connectivity index (χ0n) is 12.3. The Balaban J connectivity index is 1.74. The van der Waals surface area contributed by atoms with E-state index in [2.05, 4.69) is 15.4 Å². The molecule has 0 amide bonds. The average molecular weight is 329 g/mol. The number of carbonyl (C=O) groups is 1. The third-order valence-electron chi connectivity index (χ3n) is 3.23. The van der Waals surface area contributed by atoms with E-state index in [1.165, 1.54) is 4.80 Å². The topological polar surface area (TPSA) is 69.9 Å². The molecule has 0 saturated carbocycles. The van der Waals surface area contributed by atoms with Gasteiger partial charge in [0.05, 0.1) is 7.11 Å². The van der Waals surface area contributed by atoms with Gasteiger partial charge in [0.25, 0.3) is 0 Å². The molecular weight excluding hydrogens is 316 g/mol. The summed E-state index contributed by atoms with van der Waals surface area (Å²) in [7, 11) is 1.58. The van der Waals surface area contributed by atoms with Gasteiger partial charge in [-0.05, 0) is 41.6 Å². The van der Waals surface area contributed by atoms with Gasteiger partial charge in [0.15, 0.2) is 5.78 Å². The van der Waals surface area contributed by atoms with Crippen LogP contribution in [-0.4, -0.2) is 33.1 Å². The first-order chi connectivity index (χ1) is 11.2. The molecule has 23 heavy (non-hydrogen) atoms. The maximum Gasteiger partial charge on any atom is 0.204 e. The number of ketones is 1. The molecule has 3 aromatic rings. The van der Waals surface area contributed by atoms with Crippen LogP contribution in [0.15, 0.2) is 48.5 Å². The van der Waals surface area contributed by atoms with Crippen molar-refractivity contribution in [1.29, 1.82) is 0 Å². The van der Waals surface area contributed by atoms with E-state index in [1.54, 1.807) is 49.6 Å². The minimum atomic E-state index is -0.109. The van der Waals surface area contributed by atoms with Crippen molar-refractivity contribution < 1.29 is 9.53 Å². The van der Waals surface area contributed by atoms with Crippen LogP contribution in [-0.2, 0) is 6.54 Å². The molecule has 3 rings (SSSR count). The average Bonchev–Trinajstić information content (AvgIpc) is 3.03. The number of nitrogens with zero attached hydrogens (tertiary/aromatic N) is 4. The summed E-state index contributed by atoms with van der Waals surface area (Å²) in [6.07, 6.45) is 0. The first kappa shape index (κ1) is 15.2. The standard InChI is InChI=1S/C16H13ClN4O2/c1-23-14-7-5-11(6-8-14)15(22)10-21-19-16(18-20-21)12-3-2-4-13(17)9-12/h2-9H,10H2,1H3. The predicted octanol–water partition coefficient (Wildman–Crippen LogP) is 2.89. The molecule has 0 N–H and O–H groups in total. The monoisotopic (exact) mass is 328 g/mol. The Bertz CT molecular complexity index is 830. The van der Waals surface area contributed by atoms with Crippen LogP contribution in [0.1, 0.15) is 10.4 Å². The van der Waals surface area contributed by atoms with Crippen molar-refractivity contribution in [2.24, 2.45) is 0 Å². The SMILES string of the molecule is COc1ccc(C(=O)Cn2nnc(-c3cccc(Cl)c3)n2)cc1. The lowest BCUT2D eigenvalue weighted by molar-refractivity contribution is 0.0961. The maximum absolute atomic E-state index is 12.2. The molecule has 7 heteroatoms. The molecule has 0 aliphatic carbocycles. The molecule has 0 radical (unpaired) electrons. The molecule has 0 fully saturated rings. The van der Waals surface area contributed by atoms with Crippen molar-refractivity contribution in [3.8, 4) is 17.1 Å². The Labute approximate surface area is 137 Å². The molecule has 0 spiro atoms. The van der Waals surface area contributed by atoms with Crippen LogP contribution in [0.5, 0.6) is 5.75 Å². The predicted molar refractivity (Wildman–Crippen MR) is 85.6 cm³/mol. The van der Waals surface area contributed by atoms with Crippen LogP contribution >= 0.6 is 11.6 Å². The first-order valence-electron chi connectivity index (χ1n) is 6.87. The molecular formula is C16H13ClN4O2. The molecule has 0 aliphatic heterocycles. The molecule has 0 atom stereocenters. The summed E-state index contributed by atoms with van der Waals surface area (Å²) in [5, 5.41) is 12.7. The van der Waals surface area contributed by atoms with Gasteiger partial charge in [-0.3, -0.25) is 4.79 Å². The zero-order chi connectivity index (χ0) is 16.2. The second-order valence-electron chi connectivity index (χ2n) is 4.81. The minimum absolute atomic E-state index is 0.0138. The fraction of sp³-hybridized carbons (Fsp3) is 0.125. The van der Waals surface area contributed by atoms with Gasteiger partial charge in [-0.2, -0.15) is 4.80 Å². The van der Waals surface area contributed by atoms with Crippen molar-refractivity contribution in [2.45, 2.75) is 6.54 Å². The zero-order valence-corrected chi connectivity index (χ0v) is 13.1. The first-order valence-corrected chi connectivity index (χ1v) is 7.24. The fourth-order valence-corrected chi connectivity index (χ4v) is 2.24. The molecule has 1 heterocycles. The molecule has 6 nitrogen and oxygen atoms in total. The number of rotatable bonds is 5. The second-order valence-corrected chi connectivity index (χ2v) is 5.24. The van der Waals surface area contributed by atoms with Gasteiger partial charge in [0.2, 0.25) is 5.82 Å². The number of halogens is 1. The summed E-state index contributed by atoms with van der Waals surface area (Å²) in [6.45, 7) is 0.0138. The second kappa shape index (κ2) is 6.58. The molecule has 2 aromatic carbocycles. The molecule has 0 saturated heterocycles. The van der Waals surface area contributed by atoms with Crippen LogP contribution in [0.25, 0.3) is 11.4 Å². The van der Waals surface area contributed by atoms with Crippen molar-refractivity contribution >= 4 is 17.4 Å². The van der Waals surface area contributed by atoms with Gasteiger partial charge >= 0.3 is 0 Å². The van der Waals surface area contributed by atoms with Gasteiger partial charge in [-0.1, -0.05) is 23.7 Å². The Morgan fingerprint density at radius 3 is 2.70 bits per heavy atom. The van der Waals surface area contributed by atoms with Gasteiger partial charge < -0.3 is 4.74 Å².